The van der Waals surface area contributed by atoms with Crippen LogP contribution in [0.25, 0.3) is 0 Å². The van der Waals surface area contributed by atoms with E-state index in [0.29, 0.717) is 10.6 Å². The molecule has 12 heavy (non-hydrogen) atoms. The molecule has 0 radical (unpaired) electrons. The van der Waals surface area contributed by atoms with Crippen LogP contribution >= 0.6 is 27.5 Å². The van der Waals surface area contributed by atoms with Crippen molar-refractivity contribution in [1.29, 1.82) is 0 Å². The summed E-state index contributed by atoms with van der Waals surface area (Å²) in [5.74, 6) is -0.0747. The van der Waals surface area contributed by atoms with E-state index < -0.39 is 0 Å². The summed E-state index contributed by atoms with van der Waals surface area (Å²) in [7, 11) is 0. The molecule has 1 aliphatic rings. The molecule has 62 valence electrons. The molecule has 1 aromatic rings. The Morgan fingerprint density at radius 1 is 1.50 bits per heavy atom. The summed E-state index contributed by atoms with van der Waals surface area (Å²) in [4.78, 5) is 11.1. The monoisotopic (exact) mass is 245 g/mol. The van der Waals surface area contributed by atoms with Gasteiger partial charge in [0, 0.05) is 16.1 Å². The predicted octanol–water partition coefficient (Wildman–Crippen LogP) is 2.48. The van der Waals surface area contributed by atoms with Crippen LogP contribution in [0, 0.1) is 0 Å². The molecule has 1 N–H and O–H groups in total. The molecule has 0 bridgehead atoms. The number of hydrogen-bond acceptors (Lipinski definition) is 1. The smallest absolute Gasteiger partial charge is 0.252 e. The van der Waals surface area contributed by atoms with Crippen LogP contribution in [-0.2, 0) is 0 Å². The maximum Gasteiger partial charge on any atom is 0.252 e. The van der Waals surface area contributed by atoms with Crippen LogP contribution in [0.3, 0.4) is 0 Å². The molecule has 0 saturated carbocycles. The highest BCUT2D eigenvalue weighted by molar-refractivity contribution is 9.09. The Labute approximate surface area is 83.0 Å². The molecule has 2 rings (SSSR count). The second-order valence-corrected chi connectivity index (χ2v) is 3.86. The molecule has 0 spiro atoms. The fourth-order valence-electron chi connectivity index (χ4n) is 1.26. The number of fused-ring (bicyclic) bond motifs is 1. The quantitative estimate of drug-likeness (QED) is 0.553. The van der Waals surface area contributed by atoms with Crippen molar-refractivity contribution in [3.05, 3.63) is 34.3 Å². The van der Waals surface area contributed by atoms with Gasteiger partial charge in [0.1, 0.15) is 4.95 Å². The molecule has 1 aliphatic heterocycles. The maximum atomic E-state index is 11.2. The zero-order chi connectivity index (χ0) is 8.72. The van der Waals surface area contributed by atoms with Crippen LogP contribution in [0.15, 0.2) is 18.2 Å². The van der Waals surface area contributed by atoms with Crippen LogP contribution < -0.4 is 5.32 Å². The minimum atomic E-state index is -0.145. The Morgan fingerprint density at radius 3 is 2.92 bits per heavy atom. The van der Waals surface area contributed by atoms with Crippen LogP contribution in [0.5, 0.6) is 0 Å². The molecule has 2 nitrogen and oxygen atoms in total. The number of alkyl halides is 1. The summed E-state index contributed by atoms with van der Waals surface area (Å²) >= 11 is 9.22. The summed E-state index contributed by atoms with van der Waals surface area (Å²) in [6, 6.07) is 5.30. The third kappa shape index (κ3) is 1.04. The van der Waals surface area contributed by atoms with Crippen molar-refractivity contribution < 1.29 is 4.79 Å². The summed E-state index contributed by atoms with van der Waals surface area (Å²) < 4.78 is 0. The predicted molar refractivity (Wildman–Crippen MR) is 50.6 cm³/mol. The average Bonchev–Trinajstić information content (AvgIpc) is 2.29. The van der Waals surface area contributed by atoms with Crippen LogP contribution in [0.1, 0.15) is 20.9 Å². The molecule has 1 atom stereocenters. The largest absolute Gasteiger partial charge is 0.335 e. The third-order valence-electron chi connectivity index (χ3n) is 1.81. The minimum Gasteiger partial charge on any atom is -0.335 e. The van der Waals surface area contributed by atoms with Crippen molar-refractivity contribution in [2.75, 3.05) is 0 Å². The Balaban J connectivity index is 2.67. The van der Waals surface area contributed by atoms with Crippen molar-refractivity contribution in [3.63, 3.8) is 0 Å². The van der Waals surface area contributed by atoms with E-state index in [4.69, 9.17) is 11.6 Å². The number of carbonyl (C=O) groups excluding carboxylic acids is 1. The van der Waals surface area contributed by atoms with Crippen molar-refractivity contribution in [2.45, 2.75) is 4.95 Å². The first-order valence-corrected chi connectivity index (χ1v) is 4.73. The van der Waals surface area contributed by atoms with E-state index in [2.05, 4.69) is 21.2 Å². The van der Waals surface area contributed by atoms with Gasteiger partial charge < -0.3 is 5.32 Å². The van der Waals surface area contributed by atoms with Gasteiger partial charge in [0.25, 0.3) is 5.91 Å². The number of nitrogens with one attached hydrogen (secondary N) is 1. The maximum absolute atomic E-state index is 11.2. The number of hydrogen-bond donors (Lipinski definition) is 1. The molecule has 1 aromatic carbocycles. The number of carbonyl (C=O) groups is 1. The van der Waals surface area contributed by atoms with Gasteiger partial charge in [-0.3, -0.25) is 4.79 Å². The van der Waals surface area contributed by atoms with Gasteiger partial charge in [0.15, 0.2) is 0 Å². The van der Waals surface area contributed by atoms with Gasteiger partial charge in [-0.05, 0) is 12.1 Å². The van der Waals surface area contributed by atoms with Gasteiger partial charge in [0.2, 0.25) is 0 Å². The van der Waals surface area contributed by atoms with E-state index in [1.54, 1.807) is 18.2 Å². The number of amides is 1. The lowest BCUT2D eigenvalue weighted by molar-refractivity contribution is 0.0965. The van der Waals surface area contributed by atoms with E-state index in [0.717, 1.165) is 5.56 Å². The van der Waals surface area contributed by atoms with Crippen LogP contribution in [-0.4, -0.2) is 5.91 Å². The van der Waals surface area contributed by atoms with E-state index in [1.165, 1.54) is 0 Å². The van der Waals surface area contributed by atoms with Crippen LogP contribution in [0.2, 0.25) is 5.02 Å². The van der Waals surface area contributed by atoms with Gasteiger partial charge in [-0.25, -0.2) is 0 Å². The topological polar surface area (TPSA) is 29.1 Å². The fourth-order valence-corrected chi connectivity index (χ4v) is 2.37. The normalized spacial score (nSPS) is 20.5. The SMILES string of the molecule is O=C1NC(Br)c2c(Cl)cccc21. The zero-order valence-corrected chi connectivity index (χ0v) is 8.32. The Morgan fingerprint density at radius 2 is 2.25 bits per heavy atom. The fraction of sp³-hybridized carbons (Fsp3) is 0.125. The highest BCUT2D eigenvalue weighted by Gasteiger charge is 2.28. The van der Waals surface area contributed by atoms with E-state index in [1.807, 2.05) is 0 Å². The molecule has 0 fully saturated rings. The van der Waals surface area contributed by atoms with Crippen LogP contribution in [0.4, 0.5) is 0 Å². The summed E-state index contributed by atoms with van der Waals surface area (Å²) in [5.41, 5.74) is 1.49. The van der Waals surface area contributed by atoms with Gasteiger partial charge in [0.05, 0.1) is 0 Å². The third-order valence-corrected chi connectivity index (χ3v) is 2.83. The second kappa shape index (κ2) is 2.75. The number of rotatable bonds is 0. The lowest BCUT2D eigenvalue weighted by Crippen LogP contribution is -2.14. The Kier molecular flexibility index (Phi) is 1.85. The molecular weight excluding hydrogens is 241 g/mol. The molecule has 0 aromatic heterocycles. The highest BCUT2D eigenvalue weighted by Crippen LogP contribution is 2.34. The summed E-state index contributed by atoms with van der Waals surface area (Å²) in [6.45, 7) is 0. The van der Waals surface area contributed by atoms with Crippen molar-refractivity contribution >= 4 is 33.4 Å². The molecule has 1 heterocycles. The van der Waals surface area contributed by atoms with Gasteiger partial charge in [-0.15, -0.1) is 0 Å². The summed E-state index contributed by atoms with van der Waals surface area (Å²) in [6.07, 6.45) is 0. The zero-order valence-electron chi connectivity index (χ0n) is 5.97. The first kappa shape index (κ1) is 8.08. The molecule has 1 amide bonds. The van der Waals surface area contributed by atoms with E-state index in [9.17, 15) is 4.79 Å². The summed E-state index contributed by atoms with van der Waals surface area (Å²) in [5, 5.41) is 3.33. The lowest BCUT2D eigenvalue weighted by atomic mass is 10.1. The first-order chi connectivity index (χ1) is 5.70. The molecule has 1 unspecified atom stereocenters. The van der Waals surface area contributed by atoms with Crippen molar-refractivity contribution in [1.82, 2.24) is 5.32 Å². The minimum absolute atomic E-state index is 0.0747. The van der Waals surface area contributed by atoms with Crippen molar-refractivity contribution in [3.8, 4) is 0 Å². The van der Waals surface area contributed by atoms with E-state index >= 15 is 0 Å². The Hall–Kier alpha value is -0.540. The van der Waals surface area contributed by atoms with Crippen molar-refractivity contribution in [2.24, 2.45) is 0 Å². The average molecular weight is 246 g/mol. The second-order valence-electron chi connectivity index (χ2n) is 2.54. The molecule has 0 aliphatic carbocycles. The number of halogens is 2. The Bertz CT molecular complexity index is 353. The molecular formula is C8H5BrClNO. The lowest BCUT2D eigenvalue weighted by Gasteiger charge is -2.02. The molecule has 0 saturated heterocycles. The van der Waals surface area contributed by atoms with Gasteiger partial charge in [-0.1, -0.05) is 33.6 Å². The van der Waals surface area contributed by atoms with E-state index in [-0.39, 0.29) is 10.9 Å². The number of benzene rings is 1. The first-order valence-electron chi connectivity index (χ1n) is 3.43. The molecule has 4 heteroatoms. The standard InChI is InChI=1S/C8H5BrClNO/c9-7-6-4(8(12)11-7)2-1-3-5(6)10/h1-3,7H,(H,11,12). The van der Waals surface area contributed by atoms with Gasteiger partial charge >= 0.3 is 0 Å². The highest BCUT2D eigenvalue weighted by atomic mass is 79.9. The van der Waals surface area contributed by atoms with Gasteiger partial charge in [-0.2, -0.15) is 0 Å².